The molecule has 0 aromatic carbocycles. The summed E-state index contributed by atoms with van der Waals surface area (Å²) < 4.78 is 14.1. The Morgan fingerprint density at radius 2 is 1.03 bits per heavy atom. The number of carbonyl (C=O) groups is 2. The number of ketones is 2. The first-order chi connectivity index (χ1) is 15.8. The van der Waals surface area contributed by atoms with E-state index in [1.54, 1.807) is 13.8 Å². The van der Waals surface area contributed by atoms with Gasteiger partial charge in [0.15, 0.2) is 0 Å². The van der Waals surface area contributed by atoms with Crippen molar-refractivity contribution in [1.82, 2.24) is 0 Å². The molecule has 1 saturated heterocycles. The predicted molar refractivity (Wildman–Crippen MR) is 143 cm³/mol. The molecule has 206 valence electrons. The van der Waals surface area contributed by atoms with Gasteiger partial charge in [0, 0.05) is 52.5 Å². The molecule has 1 heterocycles. The van der Waals surface area contributed by atoms with Crippen LogP contribution in [-0.4, -0.2) is 54.8 Å². The third-order valence-electron chi connectivity index (χ3n) is 8.47. The Morgan fingerprint density at radius 1 is 0.743 bits per heavy atom. The Morgan fingerprint density at radius 3 is 1.26 bits per heavy atom. The van der Waals surface area contributed by atoms with Crippen molar-refractivity contribution in [2.75, 3.05) is 0 Å². The molecule has 6 nitrogen and oxygen atoms in total. The smallest absolute Gasteiger partial charge is 0.349 e. The number of Topliss-reactive ketones (excluding diaryl/α,β-unsaturated/α-hetero) is 2. The molecular formula is C28H54O6Si. The van der Waals surface area contributed by atoms with E-state index >= 15 is 0 Å². The molecule has 0 amide bonds. The van der Waals surface area contributed by atoms with Crippen LogP contribution in [0.3, 0.4) is 0 Å². The van der Waals surface area contributed by atoms with Crippen LogP contribution in [0.1, 0.15) is 103 Å². The monoisotopic (exact) mass is 514 g/mol. The average molecular weight is 515 g/mol. The molecule has 0 radical (unpaired) electrons. The van der Waals surface area contributed by atoms with Crippen LogP contribution in [0.5, 0.6) is 0 Å². The highest BCUT2D eigenvalue weighted by molar-refractivity contribution is 6.73. The molecule has 0 aromatic heterocycles. The van der Waals surface area contributed by atoms with Crippen molar-refractivity contribution in [3.8, 4) is 0 Å². The summed E-state index contributed by atoms with van der Waals surface area (Å²) in [7, 11) is -3.00. The fourth-order valence-corrected chi connectivity index (χ4v) is 11.5. The van der Waals surface area contributed by atoms with E-state index in [0.717, 1.165) is 0 Å². The first kappa shape index (κ1) is 32.4. The van der Waals surface area contributed by atoms with Crippen LogP contribution in [0, 0.1) is 29.6 Å². The summed E-state index contributed by atoms with van der Waals surface area (Å²) in [5, 5.41) is 21.9. The topological polar surface area (TPSA) is 93.1 Å². The third-order valence-corrected chi connectivity index (χ3v) is 13.6. The van der Waals surface area contributed by atoms with E-state index in [1.807, 2.05) is 34.6 Å². The van der Waals surface area contributed by atoms with Gasteiger partial charge in [-0.25, -0.2) is 0 Å². The number of aliphatic hydroxyl groups is 2. The summed E-state index contributed by atoms with van der Waals surface area (Å²) in [5.41, 5.74) is 0. The molecule has 0 aliphatic carbocycles. The maximum atomic E-state index is 12.4. The van der Waals surface area contributed by atoms with Gasteiger partial charge in [-0.15, -0.1) is 0 Å². The minimum Gasteiger partial charge on any atom is -0.392 e. The van der Waals surface area contributed by atoms with Crippen molar-refractivity contribution in [3.05, 3.63) is 0 Å². The zero-order valence-electron chi connectivity index (χ0n) is 24.6. The van der Waals surface area contributed by atoms with Gasteiger partial charge in [0.25, 0.3) is 0 Å². The number of carbonyl (C=O) groups excluding carboxylic acids is 2. The Hall–Kier alpha value is -0.603. The second-order valence-electron chi connectivity index (χ2n) is 13.1. The molecule has 1 aliphatic heterocycles. The van der Waals surface area contributed by atoms with Crippen LogP contribution < -0.4 is 0 Å². The summed E-state index contributed by atoms with van der Waals surface area (Å²) in [6.45, 7) is 26.0. The SMILES string of the molecule is CCC(=O)C(C)C(O)[C@H](C)[C@@H]1O[Si](C(C)(C)C)(C(C)(C)C)O[C@@H]([C@@H](C)C(O)C(C)C(=O)CC)C1C. The van der Waals surface area contributed by atoms with Crippen LogP contribution in [-0.2, 0) is 18.4 Å². The molecule has 7 heteroatoms. The molecule has 8 atom stereocenters. The molecule has 1 rings (SSSR count). The largest absolute Gasteiger partial charge is 0.392 e. The Balaban J connectivity index is 3.59. The Bertz CT molecular complexity index is 664. The number of hydrogen-bond donors (Lipinski definition) is 2. The summed E-state index contributed by atoms with van der Waals surface area (Å²) in [6.07, 6.45) is -1.64. The second-order valence-corrected chi connectivity index (χ2v) is 17.8. The van der Waals surface area contributed by atoms with Gasteiger partial charge in [0.1, 0.15) is 11.6 Å². The van der Waals surface area contributed by atoms with Crippen LogP contribution in [0.25, 0.3) is 0 Å². The quantitative estimate of drug-likeness (QED) is 0.365. The van der Waals surface area contributed by atoms with Crippen LogP contribution in [0.2, 0.25) is 10.1 Å². The van der Waals surface area contributed by atoms with Crippen molar-refractivity contribution < 1.29 is 28.7 Å². The molecule has 4 unspecified atom stereocenters. The normalized spacial score (nSPS) is 28.5. The van der Waals surface area contributed by atoms with Gasteiger partial charge in [-0.3, -0.25) is 9.59 Å². The molecule has 0 saturated carbocycles. The van der Waals surface area contributed by atoms with Crippen LogP contribution in [0.15, 0.2) is 0 Å². The molecule has 1 fully saturated rings. The van der Waals surface area contributed by atoms with Gasteiger partial charge in [-0.1, -0.05) is 90.0 Å². The summed E-state index contributed by atoms with van der Waals surface area (Å²) in [6, 6.07) is 0. The molecule has 35 heavy (non-hydrogen) atoms. The molecule has 0 spiro atoms. The fourth-order valence-electron chi connectivity index (χ4n) is 6.14. The van der Waals surface area contributed by atoms with E-state index in [1.165, 1.54) is 0 Å². The summed E-state index contributed by atoms with van der Waals surface area (Å²) in [5.74, 6) is -1.68. The highest BCUT2D eigenvalue weighted by atomic mass is 28.4. The highest BCUT2D eigenvalue weighted by Crippen LogP contribution is 2.57. The number of hydrogen-bond acceptors (Lipinski definition) is 6. The lowest BCUT2D eigenvalue weighted by atomic mass is 9.76. The molecule has 0 bridgehead atoms. The van der Waals surface area contributed by atoms with Crippen LogP contribution in [0.4, 0.5) is 0 Å². The molecular weight excluding hydrogens is 460 g/mol. The fraction of sp³-hybridized carbons (Fsp3) is 0.929. The van der Waals surface area contributed by atoms with E-state index in [-0.39, 0.29) is 51.6 Å². The Labute approximate surface area is 215 Å². The van der Waals surface area contributed by atoms with E-state index in [9.17, 15) is 19.8 Å². The maximum absolute atomic E-state index is 12.4. The molecule has 1 aliphatic rings. The zero-order chi connectivity index (χ0) is 27.7. The highest BCUT2D eigenvalue weighted by Gasteiger charge is 2.65. The van der Waals surface area contributed by atoms with Crippen molar-refractivity contribution in [3.63, 3.8) is 0 Å². The molecule has 0 aromatic rings. The molecule has 2 N–H and O–H groups in total. The second kappa shape index (κ2) is 11.8. The number of rotatable bonds is 10. The average Bonchev–Trinajstić information content (AvgIpc) is 2.78. The van der Waals surface area contributed by atoms with Crippen molar-refractivity contribution in [1.29, 1.82) is 0 Å². The number of aliphatic hydroxyl groups excluding tert-OH is 2. The first-order valence-electron chi connectivity index (χ1n) is 13.6. The van der Waals surface area contributed by atoms with E-state index < -0.39 is 32.6 Å². The Kier molecular flexibility index (Phi) is 11.0. The van der Waals surface area contributed by atoms with Crippen molar-refractivity contribution in [2.24, 2.45) is 29.6 Å². The lowest BCUT2D eigenvalue weighted by Crippen LogP contribution is -2.68. The standard InChI is InChI=1S/C28H54O6Si/c1-14-21(29)16(3)23(31)18(5)25-20(7)26(19(6)24(32)17(4)22(30)15-2)34-35(33-25,27(8,9)10)28(11,12)13/h16-20,23-26,31-32H,14-15H2,1-13H3/t16?,17?,18-,19-,20?,23?,24?,25-,26-/m0/s1. The summed E-state index contributed by atoms with van der Waals surface area (Å²) in [4.78, 5) is 24.8. The maximum Gasteiger partial charge on any atom is 0.349 e. The van der Waals surface area contributed by atoms with Crippen molar-refractivity contribution >= 4 is 20.1 Å². The lowest BCUT2D eigenvalue weighted by Gasteiger charge is -2.59. The zero-order valence-corrected chi connectivity index (χ0v) is 25.6. The van der Waals surface area contributed by atoms with E-state index in [4.69, 9.17) is 8.85 Å². The van der Waals surface area contributed by atoms with Gasteiger partial charge in [-0.2, -0.15) is 0 Å². The predicted octanol–water partition coefficient (Wildman–Crippen LogP) is 5.67. The van der Waals surface area contributed by atoms with E-state index in [0.29, 0.717) is 12.8 Å². The lowest BCUT2D eigenvalue weighted by molar-refractivity contribution is -0.147. The van der Waals surface area contributed by atoms with Crippen molar-refractivity contribution in [2.45, 2.75) is 137 Å². The summed E-state index contributed by atoms with van der Waals surface area (Å²) >= 11 is 0. The van der Waals surface area contributed by atoms with Gasteiger partial charge in [-0.05, 0) is 0 Å². The van der Waals surface area contributed by atoms with Gasteiger partial charge < -0.3 is 19.1 Å². The minimum atomic E-state index is -3.00. The van der Waals surface area contributed by atoms with E-state index in [2.05, 4.69) is 41.5 Å². The van der Waals surface area contributed by atoms with Crippen LogP contribution >= 0.6 is 0 Å². The van der Waals surface area contributed by atoms with Gasteiger partial charge >= 0.3 is 8.56 Å². The minimum absolute atomic E-state index is 0.0338. The third kappa shape index (κ3) is 6.46. The van der Waals surface area contributed by atoms with Gasteiger partial charge in [0.2, 0.25) is 0 Å². The first-order valence-corrected chi connectivity index (χ1v) is 15.4. The van der Waals surface area contributed by atoms with Gasteiger partial charge in [0.05, 0.1) is 24.4 Å².